The van der Waals surface area contributed by atoms with Crippen LogP contribution in [0.25, 0.3) is 82.8 Å². The maximum Gasteiger partial charge on any atom is 0.122 e. The summed E-state index contributed by atoms with van der Waals surface area (Å²) in [5.41, 5.74) is 18.0. The fourth-order valence-electron chi connectivity index (χ4n) is 9.60. The molecule has 0 radical (unpaired) electrons. The van der Waals surface area contributed by atoms with Gasteiger partial charge in [-0.25, -0.2) is 0 Å². The molecule has 10 aromatic rings. The van der Waals surface area contributed by atoms with Crippen LogP contribution in [-0.2, 0) is 5.41 Å². The van der Waals surface area contributed by atoms with Gasteiger partial charge >= 0.3 is 0 Å². The average Bonchev–Trinajstić information content (AvgIpc) is 3.91. The van der Waals surface area contributed by atoms with Gasteiger partial charge in [-0.05, 0) is 107 Å². The third-order valence-corrected chi connectivity index (χ3v) is 11.9. The highest BCUT2D eigenvalue weighted by Gasteiger charge is 2.51. The Kier molecular flexibility index (Phi) is 5.98. The number of hydrogen-bond donors (Lipinski definition) is 0. The van der Waals surface area contributed by atoms with E-state index in [-0.39, 0.29) is 5.41 Å². The zero-order valence-corrected chi connectivity index (χ0v) is 29.2. The van der Waals surface area contributed by atoms with Gasteiger partial charge in [0.25, 0.3) is 0 Å². The molecule has 0 saturated carbocycles. The molecule has 9 aromatic carbocycles. The minimum atomic E-state index is -0.346. The summed E-state index contributed by atoms with van der Waals surface area (Å²) in [6, 6.07) is 68.6. The molecule has 0 N–H and O–H groups in total. The Labute approximate surface area is 312 Å². The first-order valence-corrected chi connectivity index (χ1v) is 18.6. The quantitative estimate of drug-likeness (QED) is 0.173. The molecule has 2 aliphatic carbocycles. The van der Waals surface area contributed by atoms with Crippen molar-refractivity contribution in [2.24, 2.45) is 0 Å². The molecule has 1 spiro atoms. The summed E-state index contributed by atoms with van der Waals surface area (Å²) in [7, 11) is 0. The smallest absolute Gasteiger partial charge is 0.122 e. The van der Waals surface area contributed by atoms with Crippen LogP contribution in [0.1, 0.15) is 22.3 Å². The lowest BCUT2D eigenvalue weighted by Gasteiger charge is -2.30. The molecule has 2 aliphatic rings. The van der Waals surface area contributed by atoms with Crippen LogP contribution >= 0.6 is 0 Å². The van der Waals surface area contributed by atoms with Crippen molar-refractivity contribution in [1.82, 2.24) is 15.0 Å². The third-order valence-electron chi connectivity index (χ3n) is 11.9. The summed E-state index contributed by atoms with van der Waals surface area (Å²) in [4.78, 5) is 1.75. The maximum absolute atomic E-state index is 5.01. The van der Waals surface area contributed by atoms with Crippen molar-refractivity contribution in [3.63, 3.8) is 0 Å². The van der Waals surface area contributed by atoms with Crippen LogP contribution in [0, 0.1) is 0 Å². The third kappa shape index (κ3) is 3.90. The summed E-state index contributed by atoms with van der Waals surface area (Å²) in [5, 5.41) is 14.5. The number of rotatable bonds is 3. The average molecular weight is 686 g/mol. The first kappa shape index (κ1) is 29.5. The zero-order chi connectivity index (χ0) is 35.4. The molecule has 0 saturated heterocycles. The molecule has 250 valence electrons. The van der Waals surface area contributed by atoms with Crippen LogP contribution in [0.3, 0.4) is 0 Å². The van der Waals surface area contributed by atoms with Crippen LogP contribution in [0.4, 0.5) is 0 Å². The van der Waals surface area contributed by atoms with E-state index >= 15 is 0 Å². The van der Waals surface area contributed by atoms with Gasteiger partial charge in [-0.15, -0.1) is 10.2 Å². The molecule has 1 heterocycles. The topological polar surface area (TPSA) is 30.7 Å². The van der Waals surface area contributed by atoms with Gasteiger partial charge in [0.05, 0.1) is 11.1 Å². The van der Waals surface area contributed by atoms with Gasteiger partial charge in [-0.2, -0.15) is 4.80 Å². The highest BCUT2D eigenvalue weighted by molar-refractivity contribution is 6.19. The Morgan fingerprint density at radius 3 is 1.70 bits per heavy atom. The first-order chi connectivity index (χ1) is 26.8. The van der Waals surface area contributed by atoms with Crippen LogP contribution in [-0.4, -0.2) is 15.0 Å². The molecule has 0 amide bonds. The Hall–Kier alpha value is -7.10. The Morgan fingerprint density at radius 1 is 0.389 bits per heavy atom. The van der Waals surface area contributed by atoms with E-state index in [1.54, 1.807) is 4.80 Å². The summed E-state index contributed by atoms with van der Waals surface area (Å²) in [6.07, 6.45) is 0. The molecule has 0 aliphatic heterocycles. The highest BCUT2D eigenvalue weighted by atomic mass is 15.5. The molecule has 0 fully saturated rings. The van der Waals surface area contributed by atoms with Crippen LogP contribution in [0.2, 0.25) is 0 Å². The van der Waals surface area contributed by atoms with E-state index in [9.17, 15) is 0 Å². The molecule has 0 unspecified atom stereocenters. The number of benzene rings is 9. The summed E-state index contributed by atoms with van der Waals surface area (Å²) < 4.78 is 0. The number of fused-ring (bicyclic) bond motifs is 15. The Morgan fingerprint density at radius 2 is 0.944 bits per heavy atom. The molecule has 0 bridgehead atoms. The second-order valence-electron chi connectivity index (χ2n) is 14.6. The predicted molar refractivity (Wildman–Crippen MR) is 221 cm³/mol. The molecule has 1 aromatic heterocycles. The van der Waals surface area contributed by atoms with Crippen molar-refractivity contribution in [1.29, 1.82) is 0 Å². The molecule has 12 rings (SSSR count). The van der Waals surface area contributed by atoms with E-state index in [1.165, 1.54) is 77.5 Å². The van der Waals surface area contributed by atoms with Crippen molar-refractivity contribution in [2.75, 3.05) is 0 Å². The number of para-hydroxylation sites is 1. The van der Waals surface area contributed by atoms with Crippen molar-refractivity contribution in [2.45, 2.75) is 5.41 Å². The fourth-order valence-corrected chi connectivity index (χ4v) is 9.60. The van der Waals surface area contributed by atoms with Crippen molar-refractivity contribution < 1.29 is 0 Å². The standard InChI is InChI=1S/C51H31N3/c1-2-11-37(12-3-1)54-52-47-30-29-35-27-25-34-26-28-36(31-42(34)48(35)50(47)53-54)32-21-23-33(24-22-32)38-16-10-20-46-49(38)41-15-6-9-19-45(41)51(46)43-17-7-4-13-39(43)40-14-5-8-18-44(40)51/h1-31H. The zero-order valence-electron chi connectivity index (χ0n) is 29.2. The molecule has 54 heavy (non-hydrogen) atoms. The lowest BCUT2D eigenvalue weighted by molar-refractivity contribution is 0.766. The normalized spacial score (nSPS) is 13.3. The van der Waals surface area contributed by atoms with Crippen LogP contribution in [0.15, 0.2) is 188 Å². The van der Waals surface area contributed by atoms with E-state index in [1.807, 2.05) is 30.3 Å². The summed E-state index contributed by atoms with van der Waals surface area (Å²) >= 11 is 0. The first-order valence-electron chi connectivity index (χ1n) is 18.6. The van der Waals surface area contributed by atoms with Gasteiger partial charge in [0, 0.05) is 5.39 Å². The van der Waals surface area contributed by atoms with Gasteiger partial charge in [0.15, 0.2) is 0 Å². The second-order valence-corrected chi connectivity index (χ2v) is 14.6. The van der Waals surface area contributed by atoms with Gasteiger partial charge < -0.3 is 0 Å². The van der Waals surface area contributed by atoms with E-state index in [0.717, 1.165) is 27.5 Å². The van der Waals surface area contributed by atoms with E-state index in [0.29, 0.717) is 0 Å². The minimum absolute atomic E-state index is 0.346. The van der Waals surface area contributed by atoms with Crippen molar-refractivity contribution in [3.05, 3.63) is 210 Å². The molecular weight excluding hydrogens is 655 g/mol. The van der Waals surface area contributed by atoms with E-state index in [4.69, 9.17) is 10.2 Å². The Bertz CT molecular complexity index is 3110. The molecular formula is C51H31N3. The lowest BCUT2D eigenvalue weighted by Crippen LogP contribution is -2.25. The maximum atomic E-state index is 5.01. The van der Waals surface area contributed by atoms with E-state index < -0.39 is 0 Å². The number of nitrogens with zero attached hydrogens (tertiary/aromatic N) is 3. The Balaban J connectivity index is 0.999. The fraction of sp³-hybridized carbons (Fsp3) is 0.0196. The predicted octanol–water partition coefficient (Wildman–Crippen LogP) is 12.4. The van der Waals surface area contributed by atoms with Crippen molar-refractivity contribution in [3.8, 4) is 50.2 Å². The van der Waals surface area contributed by atoms with Gasteiger partial charge in [-0.1, -0.05) is 164 Å². The second kappa shape index (κ2) is 11.0. The van der Waals surface area contributed by atoms with Gasteiger partial charge in [0.1, 0.15) is 11.0 Å². The highest BCUT2D eigenvalue weighted by Crippen LogP contribution is 2.63. The molecule has 0 atom stereocenters. The van der Waals surface area contributed by atoms with E-state index in [2.05, 4.69) is 158 Å². The van der Waals surface area contributed by atoms with Gasteiger partial charge in [-0.3, -0.25) is 0 Å². The summed E-state index contributed by atoms with van der Waals surface area (Å²) in [5.74, 6) is 0. The lowest BCUT2D eigenvalue weighted by atomic mass is 9.70. The monoisotopic (exact) mass is 685 g/mol. The molecule has 3 heteroatoms. The number of hydrogen-bond acceptors (Lipinski definition) is 2. The largest absolute Gasteiger partial charge is 0.150 e. The summed E-state index contributed by atoms with van der Waals surface area (Å²) in [6.45, 7) is 0. The molecule has 3 nitrogen and oxygen atoms in total. The van der Waals surface area contributed by atoms with Crippen LogP contribution in [0.5, 0.6) is 0 Å². The van der Waals surface area contributed by atoms with Crippen LogP contribution < -0.4 is 0 Å². The van der Waals surface area contributed by atoms with Crippen molar-refractivity contribution >= 4 is 32.6 Å². The SMILES string of the molecule is c1ccc(-n2nc3ccc4ccc5ccc(-c6ccc(-c7cccc8c7-c7ccccc7C87c8ccccc8-c8ccccc87)cc6)cc5c4c3n2)cc1. The minimum Gasteiger partial charge on any atom is -0.150 e. The van der Waals surface area contributed by atoms with Gasteiger partial charge in [0.2, 0.25) is 0 Å². The number of aromatic nitrogens is 3.